The minimum absolute atomic E-state index is 0.0765. The molecule has 3 rings (SSSR count). The van der Waals surface area contributed by atoms with E-state index >= 15 is 0 Å². The maximum absolute atomic E-state index is 12.7. The first-order valence-electron chi connectivity index (χ1n) is 11.0. The standard InChI is InChI=1S/C25H28F3NO5/c1-16-13-18(8-11-21(16)34-24(2,3)22(30)31)19-5-4-12-29(14-19)23(32)33-15-17-6-9-20(10-7-17)25(26,27)28/h6-11,13,19H,4-5,12,14-15H2,1-3H3,(H,30,31). The number of benzene rings is 2. The fourth-order valence-electron chi connectivity index (χ4n) is 3.80. The molecule has 1 heterocycles. The predicted molar refractivity (Wildman–Crippen MR) is 119 cm³/mol. The van der Waals surface area contributed by atoms with Gasteiger partial charge in [0.25, 0.3) is 0 Å². The summed E-state index contributed by atoms with van der Waals surface area (Å²) in [5.41, 5.74) is 0.183. The van der Waals surface area contributed by atoms with Crippen LogP contribution < -0.4 is 4.74 Å². The lowest BCUT2D eigenvalue weighted by molar-refractivity contribution is -0.152. The number of hydrogen-bond acceptors (Lipinski definition) is 4. The van der Waals surface area contributed by atoms with E-state index in [1.807, 2.05) is 19.1 Å². The van der Waals surface area contributed by atoms with Gasteiger partial charge < -0.3 is 19.5 Å². The van der Waals surface area contributed by atoms with E-state index in [4.69, 9.17) is 9.47 Å². The summed E-state index contributed by atoms with van der Waals surface area (Å²) in [4.78, 5) is 25.5. The number of aliphatic carboxylic acids is 1. The molecular weight excluding hydrogens is 451 g/mol. The zero-order valence-electron chi connectivity index (χ0n) is 19.3. The number of carboxylic acid groups (broad SMARTS) is 1. The first kappa shape index (κ1) is 25.4. The number of hydrogen-bond donors (Lipinski definition) is 1. The summed E-state index contributed by atoms with van der Waals surface area (Å²) >= 11 is 0. The lowest BCUT2D eigenvalue weighted by atomic mass is 9.90. The Labute approximate surface area is 196 Å². The molecule has 34 heavy (non-hydrogen) atoms. The quantitative estimate of drug-likeness (QED) is 0.569. The Balaban J connectivity index is 1.59. The molecule has 1 fully saturated rings. The van der Waals surface area contributed by atoms with Crippen molar-refractivity contribution in [2.75, 3.05) is 13.1 Å². The van der Waals surface area contributed by atoms with Crippen LogP contribution in [0, 0.1) is 6.92 Å². The number of amides is 1. The second-order valence-corrected chi connectivity index (χ2v) is 8.98. The number of nitrogens with zero attached hydrogens (tertiary/aromatic N) is 1. The van der Waals surface area contributed by atoms with E-state index in [-0.39, 0.29) is 12.5 Å². The minimum Gasteiger partial charge on any atom is -0.478 e. The third-order valence-electron chi connectivity index (χ3n) is 5.87. The molecule has 1 amide bonds. The Morgan fingerprint density at radius 2 is 1.79 bits per heavy atom. The molecule has 184 valence electrons. The van der Waals surface area contributed by atoms with Gasteiger partial charge in [-0.3, -0.25) is 0 Å². The summed E-state index contributed by atoms with van der Waals surface area (Å²) in [6.07, 6.45) is -3.26. The van der Waals surface area contributed by atoms with Gasteiger partial charge in [0.1, 0.15) is 12.4 Å². The van der Waals surface area contributed by atoms with Crippen molar-refractivity contribution < 1.29 is 37.3 Å². The molecule has 1 unspecified atom stereocenters. The molecule has 9 heteroatoms. The van der Waals surface area contributed by atoms with E-state index in [0.717, 1.165) is 36.1 Å². The Bertz CT molecular complexity index is 1030. The minimum atomic E-state index is -4.41. The van der Waals surface area contributed by atoms with Crippen LogP contribution >= 0.6 is 0 Å². The summed E-state index contributed by atoms with van der Waals surface area (Å²) in [5, 5.41) is 9.27. The van der Waals surface area contributed by atoms with Crippen molar-refractivity contribution in [2.45, 2.75) is 57.9 Å². The van der Waals surface area contributed by atoms with Crippen LogP contribution in [0.3, 0.4) is 0 Å². The number of carbonyl (C=O) groups excluding carboxylic acids is 1. The molecule has 1 saturated heterocycles. The summed E-state index contributed by atoms with van der Waals surface area (Å²) in [7, 11) is 0. The Kier molecular flexibility index (Phi) is 7.43. The van der Waals surface area contributed by atoms with Gasteiger partial charge in [0.2, 0.25) is 0 Å². The Morgan fingerprint density at radius 3 is 2.38 bits per heavy atom. The van der Waals surface area contributed by atoms with Crippen molar-refractivity contribution >= 4 is 12.1 Å². The fourth-order valence-corrected chi connectivity index (χ4v) is 3.80. The van der Waals surface area contributed by atoms with Crippen molar-refractivity contribution in [1.82, 2.24) is 4.90 Å². The second kappa shape index (κ2) is 9.95. The van der Waals surface area contributed by atoms with Gasteiger partial charge in [-0.05, 0) is 68.5 Å². The van der Waals surface area contributed by atoms with Crippen LogP contribution in [0.15, 0.2) is 42.5 Å². The smallest absolute Gasteiger partial charge is 0.416 e. The number of carbonyl (C=O) groups is 2. The summed E-state index contributed by atoms with van der Waals surface area (Å²) in [5.74, 6) is -0.499. The van der Waals surface area contributed by atoms with Crippen molar-refractivity contribution in [3.8, 4) is 5.75 Å². The first-order chi connectivity index (χ1) is 15.9. The number of aryl methyl sites for hydroxylation is 1. The van der Waals surface area contributed by atoms with Crippen molar-refractivity contribution in [3.05, 3.63) is 64.7 Å². The average Bonchev–Trinajstić information content (AvgIpc) is 2.78. The molecule has 0 radical (unpaired) electrons. The zero-order chi connectivity index (χ0) is 25.1. The maximum atomic E-state index is 12.7. The van der Waals surface area contributed by atoms with Crippen LogP contribution in [0.25, 0.3) is 0 Å². The first-order valence-corrected chi connectivity index (χ1v) is 11.0. The number of ether oxygens (including phenoxy) is 2. The van der Waals surface area contributed by atoms with Gasteiger partial charge in [-0.15, -0.1) is 0 Å². The highest BCUT2D eigenvalue weighted by Gasteiger charge is 2.31. The molecule has 0 aliphatic carbocycles. The van der Waals surface area contributed by atoms with Crippen molar-refractivity contribution in [1.29, 1.82) is 0 Å². The van der Waals surface area contributed by atoms with Gasteiger partial charge in [-0.1, -0.05) is 24.3 Å². The van der Waals surface area contributed by atoms with Crippen LogP contribution in [0.5, 0.6) is 5.75 Å². The second-order valence-electron chi connectivity index (χ2n) is 8.98. The van der Waals surface area contributed by atoms with Crippen LogP contribution in [-0.2, 0) is 22.3 Å². The molecule has 6 nitrogen and oxygen atoms in total. The molecule has 0 saturated carbocycles. The molecule has 0 aromatic heterocycles. The van der Waals surface area contributed by atoms with Crippen LogP contribution in [-0.4, -0.2) is 40.8 Å². The van der Waals surface area contributed by atoms with E-state index in [1.165, 1.54) is 26.0 Å². The molecular formula is C25H28F3NO5. The SMILES string of the molecule is Cc1cc(C2CCCN(C(=O)OCc3ccc(C(F)(F)F)cc3)C2)ccc1OC(C)(C)C(=O)O. The fraction of sp³-hybridized carbons (Fsp3) is 0.440. The van der Waals surface area contributed by atoms with Gasteiger partial charge in [0.05, 0.1) is 5.56 Å². The highest BCUT2D eigenvalue weighted by molar-refractivity contribution is 5.76. The number of carboxylic acids is 1. The largest absolute Gasteiger partial charge is 0.478 e. The molecule has 1 atom stereocenters. The molecule has 1 aliphatic rings. The molecule has 0 bridgehead atoms. The molecule has 0 spiro atoms. The Hall–Kier alpha value is -3.23. The highest BCUT2D eigenvalue weighted by Crippen LogP contribution is 2.32. The van der Waals surface area contributed by atoms with Gasteiger partial charge in [0.15, 0.2) is 5.60 Å². The van der Waals surface area contributed by atoms with Crippen molar-refractivity contribution in [2.24, 2.45) is 0 Å². The van der Waals surface area contributed by atoms with E-state index in [9.17, 15) is 27.9 Å². The highest BCUT2D eigenvalue weighted by atomic mass is 19.4. The number of piperidine rings is 1. The number of likely N-dealkylation sites (tertiary alicyclic amines) is 1. The average molecular weight is 479 g/mol. The third kappa shape index (κ3) is 6.21. The van der Waals surface area contributed by atoms with E-state index in [0.29, 0.717) is 24.4 Å². The topological polar surface area (TPSA) is 76.1 Å². The summed E-state index contributed by atoms with van der Waals surface area (Å²) < 4.78 is 49.0. The zero-order valence-corrected chi connectivity index (χ0v) is 19.3. The molecule has 2 aromatic rings. The normalized spacial score (nSPS) is 16.8. The Morgan fingerprint density at radius 1 is 1.12 bits per heavy atom. The molecule has 1 N–H and O–H groups in total. The summed E-state index contributed by atoms with van der Waals surface area (Å²) in [6.45, 7) is 5.69. The summed E-state index contributed by atoms with van der Waals surface area (Å²) in [6, 6.07) is 10.1. The van der Waals surface area contributed by atoms with Crippen molar-refractivity contribution in [3.63, 3.8) is 0 Å². The van der Waals surface area contributed by atoms with Gasteiger partial charge in [-0.25, -0.2) is 9.59 Å². The van der Waals surface area contributed by atoms with Crippen LogP contribution in [0.2, 0.25) is 0 Å². The third-order valence-corrected chi connectivity index (χ3v) is 5.87. The lowest BCUT2D eigenvalue weighted by Crippen LogP contribution is -2.39. The van der Waals surface area contributed by atoms with Gasteiger partial charge in [0, 0.05) is 19.0 Å². The molecule has 2 aromatic carbocycles. The van der Waals surface area contributed by atoms with Gasteiger partial charge in [-0.2, -0.15) is 13.2 Å². The van der Waals surface area contributed by atoms with E-state index in [2.05, 4.69) is 0 Å². The predicted octanol–water partition coefficient (Wildman–Crippen LogP) is 5.77. The van der Waals surface area contributed by atoms with Gasteiger partial charge >= 0.3 is 18.2 Å². The lowest BCUT2D eigenvalue weighted by Gasteiger charge is -2.32. The van der Waals surface area contributed by atoms with E-state index < -0.39 is 29.4 Å². The number of halogens is 3. The van der Waals surface area contributed by atoms with Crippen LogP contribution in [0.1, 0.15) is 54.9 Å². The number of alkyl halides is 3. The maximum Gasteiger partial charge on any atom is 0.416 e. The molecule has 1 aliphatic heterocycles. The monoisotopic (exact) mass is 479 g/mol. The number of rotatable bonds is 6. The van der Waals surface area contributed by atoms with E-state index in [1.54, 1.807) is 11.0 Å². The van der Waals surface area contributed by atoms with Crippen LogP contribution in [0.4, 0.5) is 18.0 Å².